The van der Waals surface area contributed by atoms with Gasteiger partial charge in [-0.05, 0) is 35.9 Å². The molecule has 0 aliphatic carbocycles. The number of esters is 1. The largest absolute Gasteiger partial charge is 0.496 e. The van der Waals surface area contributed by atoms with Crippen molar-refractivity contribution >= 4 is 23.4 Å². The fraction of sp³-hybridized carbons (Fsp3) is 0.158. The predicted octanol–water partition coefficient (Wildman–Crippen LogP) is 2.52. The third-order valence-electron chi connectivity index (χ3n) is 3.55. The van der Waals surface area contributed by atoms with Crippen LogP contribution in [0.5, 0.6) is 11.5 Å². The summed E-state index contributed by atoms with van der Waals surface area (Å²) in [7, 11) is 1.48. The van der Waals surface area contributed by atoms with Crippen LogP contribution in [-0.4, -0.2) is 19.7 Å². The molecule has 0 heterocycles. The van der Waals surface area contributed by atoms with Gasteiger partial charge in [-0.1, -0.05) is 6.07 Å². The van der Waals surface area contributed by atoms with E-state index in [1.54, 1.807) is 42.7 Å². The number of nitrogen functional groups attached to an aromatic ring is 2. The van der Waals surface area contributed by atoms with E-state index in [9.17, 15) is 4.79 Å². The van der Waals surface area contributed by atoms with Crippen LogP contribution in [0.4, 0.5) is 11.4 Å². The lowest BCUT2D eigenvalue weighted by Crippen LogP contribution is -2.06. The van der Waals surface area contributed by atoms with Crippen LogP contribution in [-0.2, 0) is 16.0 Å². The fourth-order valence-electron chi connectivity index (χ4n) is 2.25. The molecule has 0 saturated heterocycles. The number of methoxy groups -OCH3 is 1. The summed E-state index contributed by atoms with van der Waals surface area (Å²) in [5.74, 6) is 0.333. The molecule has 4 N–H and O–H groups in total. The van der Waals surface area contributed by atoms with E-state index in [1.165, 1.54) is 13.2 Å². The van der Waals surface area contributed by atoms with Crippen molar-refractivity contribution in [2.24, 2.45) is 0 Å². The normalized spacial score (nSPS) is 10.3. The van der Waals surface area contributed by atoms with Crippen molar-refractivity contribution in [1.82, 2.24) is 0 Å². The van der Waals surface area contributed by atoms with Crippen LogP contribution in [0.2, 0.25) is 0 Å². The summed E-state index contributed by atoms with van der Waals surface area (Å²) in [4.78, 5) is 11.8. The Morgan fingerprint density at radius 3 is 2.73 bits per heavy atom. The van der Waals surface area contributed by atoms with E-state index in [2.05, 4.69) is 0 Å². The number of ether oxygens (including phenoxy) is 3. The lowest BCUT2D eigenvalue weighted by atomic mass is 10.1. The smallest absolute Gasteiger partial charge is 0.330 e. The topological polar surface area (TPSA) is 121 Å². The van der Waals surface area contributed by atoms with E-state index >= 15 is 0 Å². The van der Waals surface area contributed by atoms with Crippen LogP contribution in [0, 0.1) is 11.5 Å². The zero-order valence-electron chi connectivity index (χ0n) is 14.3. The molecule has 0 unspecified atom stereocenters. The summed E-state index contributed by atoms with van der Waals surface area (Å²) in [5.41, 5.74) is 14.2. The van der Waals surface area contributed by atoms with Crippen LogP contribution in [0.25, 0.3) is 6.08 Å². The molecule has 2 rings (SSSR count). The Morgan fingerprint density at radius 1 is 1.23 bits per heavy atom. The van der Waals surface area contributed by atoms with Crippen LogP contribution >= 0.6 is 0 Å². The van der Waals surface area contributed by atoms with Crippen LogP contribution in [0.1, 0.15) is 11.1 Å². The number of nitrogens with zero attached hydrogens (tertiary/aromatic N) is 1. The van der Waals surface area contributed by atoms with Crippen molar-refractivity contribution in [2.75, 3.05) is 25.2 Å². The summed E-state index contributed by atoms with van der Waals surface area (Å²) in [5, 5.41) is 8.52. The van der Waals surface area contributed by atoms with Gasteiger partial charge in [0.2, 0.25) is 0 Å². The summed E-state index contributed by atoms with van der Waals surface area (Å²) < 4.78 is 15.1. The Labute approximate surface area is 151 Å². The summed E-state index contributed by atoms with van der Waals surface area (Å²) >= 11 is 0. The molecule has 7 heteroatoms. The van der Waals surface area contributed by atoms with Gasteiger partial charge >= 0.3 is 5.97 Å². The standard InChI is InChI=1S/C19H19N3O4/c1-24-18-11-16(26-12-20)6-3-14(18)4-7-19(23)25-9-8-13-2-5-15(21)10-17(13)22/h2-7,10-11H,8-9,21-22H2,1H3/b7-4+. The van der Waals surface area contributed by atoms with Gasteiger partial charge in [0.05, 0.1) is 13.7 Å². The molecule has 7 nitrogen and oxygen atoms in total. The molecule has 0 spiro atoms. The third-order valence-corrected chi connectivity index (χ3v) is 3.55. The minimum atomic E-state index is -0.488. The van der Waals surface area contributed by atoms with Crippen LogP contribution < -0.4 is 20.9 Å². The number of hydrogen-bond acceptors (Lipinski definition) is 7. The van der Waals surface area contributed by atoms with Crippen molar-refractivity contribution < 1.29 is 19.0 Å². The highest BCUT2D eigenvalue weighted by Crippen LogP contribution is 2.25. The average Bonchev–Trinajstić information content (AvgIpc) is 2.62. The molecule has 0 radical (unpaired) electrons. The number of rotatable bonds is 7. The van der Waals surface area contributed by atoms with Gasteiger partial charge in [-0.25, -0.2) is 4.79 Å². The Balaban J connectivity index is 1.92. The molecule has 2 aromatic carbocycles. The van der Waals surface area contributed by atoms with Gasteiger partial charge in [0, 0.05) is 35.5 Å². The van der Waals surface area contributed by atoms with Gasteiger partial charge < -0.3 is 25.7 Å². The molecule has 0 aliphatic rings. The summed E-state index contributed by atoms with van der Waals surface area (Å²) in [6.07, 6.45) is 4.95. The molecule has 134 valence electrons. The van der Waals surface area contributed by atoms with Crippen molar-refractivity contribution in [3.05, 3.63) is 53.6 Å². The second-order valence-electron chi connectivity index (χ2n) is 5.31. The molecule has 26 heavy (non-hydrogen) atoms. The minimum absolute atomic E-state index is 0.198. The van der Waals surface area contributed by atoms with Crippen molar-refractivity contribution in [1.29, 1.82) is 5.26 Å². The van der Waals surface area contributed by atoms with Gasteiger partial charge in [0.25, 0.3) is 6.26 Å². The van der Waals surface area contributed by atoms with Gasteiger partial charge in [0.15, 0.2) is 0 Å². The zero-order chi connectivity index (χ0) is 18.9. The third kappa shape index (κ3) is 5.18. The second kappa shape index (κ2) is 8.99. The number of benzene rings is 2. The van der Waals surface area contributed by atoms with Gasteiger partial charge in [-0.15, -0.1) is 5.26 Å². The molecule has 2 aromatic rings. The summed E-state index contributed by atoms with van der Waals surface area (Å²) in [6.45, 7) is 0.198. The van der Waals surface area contributed by atoms with Crippen molar-refractivity contribution in [2.45, 2.75) is 6.42 Å². The number of carbonyl (C=O) groups excluding carboxylic acids is 1. The van der Waals surface area contributed by atoms with E-state index in [4.69, 9.17) is 30.9 Å². The minimum Gasteiger partial charge on any atom is -0.496 e. The highest BCUT2D eigenvalue weighted by molar-refractivity contribution is 5.87. The van der Waals surface area contributed by atoms with Crippen LogP contribution in [0.3, 0.4) is 0 Å². The van der Waals surface area contributed by atoms with E-state index in [-0.39, 0.29) is 6.61 Å². The van der Waals surface area contributed by atoms with E-state index in [1.807, 2.05) is 6.07 Å². The zero-order valence-corrected chi connectivity index (χ0v) is 14.3. The fourth-order valence-corrected chi connectivity index (χ4v) is 2.25. The first-order chi connectivity index (χ1) is 12.5. The summed E-state index contributed by atoms with van der Waals surface area (Å²) in [6, 6.07) is 10.1. The van der Waals surface area contributed by atoms with Crippen molar-refractivity contribution in [3.8, 4) is 17.8 Å². The average molecular weight is 353 g/mol. The molecule has 0 atom stereocenters. The monoisotopic (exact) mass is 353 g/mol. The lowest BCUT2D eigenvalue weighted by Gasteiger charge is -2.07. The molecular formula is C19H19N3O4. The molecular weight excluding hydrogens is 334 g/mol. The Morgan fingerprint density at radius 2 is 2.04 bits per heavy atom. The second-order valence-corrected chi connectivity index (χ2v) is 5.31. The van der Waals surface area contributed by atoms with E-state index < -0.39 is 5.97 Å². The van der Waals surface area contributed by atoms with Gasteiger partial charge in [0.1, 0.15) is 11.5 Å². The SMILES string of the molecule is COc1cc(OC#N)ccc1/C=C/C(=O)OCCc1ccc(N)cc1N. The highest BCUT2D eigenvalue weighted by Gasteiger charge is 2.05. The van der Waals surface area contributed by atoms with Crippen molar-refractivity contribution in [3.63, 3.8) is 0 Å². The first-order valence-electron chi connectivity index (χ1n) is 7.76. The number of nitriles is 1. The van der Waals surface area contributed by atoms with E-state index in [0.29, 0.717) is 34.9 Å². The number of hydrogen-bond donors (Lipinski definition) is 2. The van der Waals surface area contributed by atoms with Crippen LogP contribution in [0.15, 0.2) is 42.5 Å². The number of carbonyl (C=O) groups is 1. The maximum Gasteiger partial charge on any atom is 0.330 e. The molecule has 0 amide bonds. The predicted molar refractivity (Wildman–Crippen MR) is 98.2 cm³/mol. The first-order valence-corrected chi connectivity index (χ1v) is 7.76. The van der Waals surface area contributed by atoms with E-state index in [0.717, 1.165) is 5.56 Å². The molecule has 0 aromatic heterocycles. The Kier molecular flexibility index (Phi) is 6.46. The molecule has 0 bridgehead atoms. The Bertz CT molecular complexity index is 856. The lowest BCUT2D eigenvalue weighted by molar-refractivity contribution is -0.137. The molecule has 0 aliphatic heterocycles. The highest BCUT2D eigenvalue weighted by atomic mass is 16.5. The number of nitrogens with two attached hydrogens (primary N) is 2. The van der Waals surface area contributed by atoms with Gasteiger partial charge in [-0.2, -0.15) is 0 Å². The quantitative estimate of drug-likeness (QED) is 0.339. The number of anilines is 2. The maximum absolute atomic E-state index is 11.8. The maximum atomic E-state index is 11.8. The molecule has 0 saturated carbocycles. The van der Waals surface area contributed by atoms with Gasteiger partial charge in [-0.3, -0.25) is 0 Å². The molecule has 0 fully saturated rings. The Hall–Kier alpha value is -3.66. The first kappa shape index (κ1) is 18.7.